The number of ketones is 2. The van der Waals surface area contributed by atoms with Crippen LogP contribution in [0.1, 0.15) is 85.5 Å². The lowest BCUT2D eigenvalue weighted by atomic mass is 9.46. The van der Waals surface area contributed by atoms with Crippen LogP contribution in [0, 0.1) is 40.4 Å². The maximum absolute atomic E-state index is 14.2. The minimum absolute atomic E-state index is 0.0162. The molecular weight excluding hydrogens is 496 g/mol. The smallest absolute Gasteiger partial charge is 0.308 e. The Morgan fingerprint density at radius 2 is 1.90 bits per heavy atom. The number of carbonyl (C=O) groups excluding carboxylic acids is 3. The van der Waals surface area contributed by atoms with Crippen LogP contribution in [0.5, 0.6) is 0 Å². The second-order valence-electron chi connectivity index (χ2n) is 13.9. The first-order valence-electron chi connectivity index (χ1n) is 15.2. The first-order chi connectivity index (χ1) is 18.5. The Labute approximate surface area is 231 Å². The number of aliphatic hydroxyl groups excluding tert-OH is 1. The van der Waals surface area contributed by atoms with Gasteiger partial charge in [-0.2, -0.15) is 0 Å². The van der Waals surface area contributed by atoms with Gasteiger partial charge in [0.15, 0.2) is 24.3 Å². The Kier molecular flexibility index (Phi) is 6.75. The number of fused-ring (bicyclic) bond motifs is 7. The van der Waals surface area contributed by atoms with Crippen LogP contribution in [0.15, 0.2) is 23.8 Å². The molecule has 0 spiro atoms. The van der Waals surface area contributed by atoms with Crippen LogP contribution in [0.3, 0.4) is 0 Å². The number of Topliss-reactive ketones (excluding diaryl/α,β-unsaturated/α-hetero) is 1. The number of ether oxygens (including phenoxy) is 3. The maximum Gasteiger partial charge on any atom is 0.308 e. The number of hydrogen-bond acceptors (Lipinski definition) is 7. The summed E-state index contributed by atoms with van der Waals surface area (Å²) in [5.74, 6) is -0.471. The highest BCUT2D eigenvalue weighted by Gasteiger charge is 2.76. The number of esters is 1. The number of allylic oxidation sites excluding steroid dienone is 4. The molecule has 7 nitrogen and oxygen atoms in total. The fourth-order valence-electron chi connectivity index (χ4n) is 9.62. The van der Waals surface area contributed by atoms with Crippen LogP contribution >= 0.6 is 0 Å². The van der Waals surface area contributed by atoms with E-state index in [0.29, 0.717) is 12.8 Å². The van der Waals surface area contributed by atoms with Crippen LogP contribution in [-0.4, -0.2) is 53.3 Å². The van der Waals surface area contributed by atoms with Crippen LogP contribution in [0.2, 0.25) is 0 Å². The van der Waals surface area contributed by atoms with E-state index in [2.05, 4.69) is 13.8 Å². The zero-order valence-electron chi connectivity index (χ0n) is 23.8. The van der Waals surface area contributed by atoms with E-state index in [4.69, 9.17) is 14.2 Å². The van der Waals surface area contributed by atoms with Gasteiger partial charge in [0.1, 0.15) is 0 Å². The largest absolute Gasteiger partial charge is 0.457 e. The molecule has 0 bridgehead atoms. The Morgan fingerprint density at radius 3 is 2.62 bits per heavy atom. The third-order valence-electron chi connectivity index (χ3n) is 11.5. The van der Waals surface area contributed by atoms with Gasteiger partial charge in [-0.25, -0.2) is 0 Å². The summed E-state index contributed by atoms with van der Waals surface area (Å²) >= 11 is 0. The van der Waals surface area contributed by atoms with Crippen LogP contribution in [0.4, 0.5) is 0 Å². The number of carbonyl (C=O) groups is 3. The molecule has 0 aromatic carbocycles. The summed E-state index contributed by atoms with van der Waals surface area (Å²) in [5, 5.41) is 11.9. The molecule has 5 fully saturated rings. The van der Waals surface area contributed by atoms with Crippen molar-refractivity contribution in [3.63, 3.8) is 0 Å². The molecular formula is C32H44O7. The Balaban J connectivity index is 1.35. The minimum Gasteiger partial charge on any atom is -0.457 e. The molecule has 4 saturated carbocycles. The average Bonchev–Trinajstić information content (AvgIpc) is 3.41. The molecule has 0 aromatic rings. The van der Waals surface area contributed by atoms with Gasteiger partial charge >= 0.3 is 5.97 Å². The van der Waals surface area contributed by atoms with Crippen LogP contribution in [-0.2, 0) is 28.6 Å². The molecule has 214 valence electrons. The molecule has 6 rings (SSSR count). The molecule has 39 heavy (non-hydrogen) atoms. The Bertz CT molecular complexity index is 1100. The molecule has 1 heterocycles. The van der Waals surface area contributed by atoms with Crippen LogP contribution < -0.4 is 0 Å². The zero-order chi connectivity index (χ0) is 27.7. The van der Waals surface area contributed by atoms with Gasteiger partial charge in [-0.15, -0.1) is 0 Å². The molecule has 1 saturated heterocycles. The monoisotopic (exact) mass is 540 g/mol. The topological polar surface area (TPSA) is 99.1 Å². The lowest BCUT2D eigenvalue weighted by Crippen LogP contribution is -2.63. The highest BCUT2D eigenvalue weighted by atomic mass is 16.7. The van der Waals surface area contributed by atoms with E-state index in [0.717, 1.165) is 44.1 Å². The van der Waals surface area contributed by atoms with Crippen molar-refractivity contribution in [1.29, 1.82) is 0 Å². The molecule has 0 radical (unpaired) electrons. The van der Waals surface area contributed by atoms with Crippen molar-refractivity contribution < 1.29 is 33.7 Å². The number of hydrogen-bond donors (Lipinski definition) is 1. The van der Waals surface area contributed by atoms with Gasteiger partial charge in [0.05, 0.1) is 18.1 Å². The summed E-state index contributed by atoms with van der Waals surface area (Å²) in [5.41, 5.74) is -1.19. The predicted molar refractivity (Wildman–Crippen MR) is 143 cm³/mol. The Morgan fingerprint density at radius 1 is 1.15 bits per heavy atom. The van der Waals surface area contributed by atoms with E-state index in [1.807, 2.05) is 6.08 Å². The van der Waals surface area contributed by atoms with Crippen LogP contribution in [0.25, 0.3) is 0 Å². The van der Waals surface area contributed by atoms with E-state index in [-0.39, 0.29) is 53.2 Å². The lowest BCUT2D eigenvalue weighted by Gasteiger charge is -2.59. The average molecular weight is 541 g/mol. The summed E-state index contributed by atoms with van der Waals surface area (Å²) in [7, 11) is 0. The van der Waals surface area contributed by atoms with E-state index in [1.165, 1.54) is 6.42 Å². The molecule has 5 aliphatic carbocycles. The molecule has 6 aliphatic rings. The summed E-state index contributed by atoms with van der Waals surface area (Å²) in [6.07, 6.45) is 12.2. The predicted octanol–water partition coefficient (Wildman–Crippen LogP) is 4.70. The van der Waals surface area contributed by atoms with Crippen molar-refractivity contribution in [2.45, 2.75) is 110 Å². The molecule has 0 amide bonds. The Hall–Kier alpha value is -1.83. The lowest BCUT2D eigenvalue weighted by molar-refractivity contribution is -0.210. The summed E-state index contributed by atoms with van der Waals surface area (Å²) in [4.78, 5) is 38.7. The van der Waals surface area contributed by atoms with Gasteiger partial charge in [0.2, 0.25) is 5.78 Å². The summed E-state index contributed by atoms with van der Waals surface area (Å²) in [6, 6.07) is 0. The summed E-state index contributed by atoms with van der Waals surface area (Å²) in [6.45, 7) is 7.44. The van der Waals surface area contributed by atoms with E-state index >= 15 is 0 Å². The molecule has 7 heteroatoms. The molecule has 1 N–H and O–H groups in total. The van der Waals surface area contributed by atoms with Crippen molar-refractivity contribution in [2.75, 3.05) is 6.61 Å². The minimum atomic E-state index is -1.25. The van der Waals surface area contributed by atoms with Gasteiger partial charge in [-0.05, 0) is 62.5 Å². The molecule has 9 atom stereocenters. The molecule has 1 aliphatic heterocycles. The van der Waals surface area contributed by atoms with Crippen molar-refractivity contribution in [2.24, 2.45) is 40.4 Å². The van der Waals surface area contributed by atoms with Crippen molar-refractivity contribution in [3.8, 4) is 0 Å². The standard InChI is InChI=1S/C32H44O7/c1-18(2)28(36)37-17-25(35)32-26(38-29(39-32)19-8-6-5-7-9-19)15-23-22-11-10-20-14-21(33)12-13-30(20,3)27(22)24(34)16-31(23,32)4/h12-14,18-19,22-24,26-27,29,34H,5-11,15-17H2,1-4H3/t22-,23-,24+,26+,27?,29+,30+,31-,32+/m0/s1. The summed E-state index contributed by atoms with van der Waals surface area (Å²) < 4.78 is 19.0. The van der Waals surface area contributed by atoms with Crippen molar-refractivity contribution >= 4 is 17.5 Å². The van der Waals surface area contributed by atoms with E-state index in [9.17, 15) is 19.5 Å². The highest BCUT2D eigenvalue weighted by Crippen LogP contribution is 2.70. The SMILES string of the molecule is CC(C)C(=O)OCC(=O)[C@@]12O[C@H](C3CCCCC3)O[C@@H]1C[C@H]1[C@@H]3CCC4=CC(=O)C=C[C@@]4(C)C3[C@H](O)C[C@@]12C. The fourth-order valence-corrected chi connectivity index (χ4v) is 9.62. The zero-order valence-corrected chi connectivity index (χ0v) is 23.8. The number of aliphatic hydroxyl groups is 1. The van der Waals surface area contributed by atoms with Crippen molar-refractivity contribution in [1.82, 2.24) is 0 Å². The van der Waals surface area contributed by atoms with Gasteiger partial charge in [-0.1, -0.05) is 58.6 Å². The molecule has 0 aromatic heterocycles. The van der Waals surface area contributed by atoms with Gasteiger partial charge in [0.25, 0.3) is 0 Å². The maximum atomic E-state index is 14.2. The normalized spacial score (nSPS) is 45.3. The first-order valence-corrected chi connectivity index (χ1v) is 15.2. The second-order valence-corrected chi connectivity index (χ2v) is 13.9. The highest BCUT2D eigenvalue weighted by molar-refractivity contribution is 6.01. The molecule has 1 unspecified atom stereocenters. The number of rotatable bonds is 5. The fraction of sp³-hybridized carbons (Fsp3) is 0.781. The third-order valence-corrected chi connectivity index (χ3v) is 11.5. The second kappa shape index (κ2) is 9.63. The first kappa shape index (κ1) is 27.3. The van der Waals surface area contributed by atoms with Gasteiger partial charge < -0.3 is 19.3 Å². The van der Waals surface area contributed by atoms with Gasteiger partial charge in [-0.3, -0.25) is 14.4 Å². The van der Waals surface area contributed by atoms with Gasteiger partial charge in [0, 0.05) is 22.7 Å². The van der Waals surface area contributed by atoms with E-state index in [1.54, 1.807) is 26.0 Å². The third kappa shape index (κ3) is 3.97. The quantitative estimate of drug-likeness (QED) is 0.505. The van der Waals surface area contributed by atoms with E-state index < -0.39 is 35.5 Å². The van der Waals surface area contributed by atoms with Crippen molar-refractivity contribution in [3.05, 3.63) is 23.8 Å².